The molecule has 0 atom stereocenters. The van der Waals surface area contributed by atoms with Gasteiger partial charge in [-0.25, -0.2) is 8.42 Å². The van der Waals surface area contributed by atoms with Crippen molar-refractivity contribution in [1.82, 2.24) is 0 Å². The highest BCUT2D eigenvalue weighted by Crippen LogP contribution is 2.38. The number of rotatable bonds is 3. The van der Waals surface area contributed by atoms with Crippen LogP contribution >= 0.6 is 0 Å². The molecule has 60 valence electrons. The molecule has 3 nitrogen and oxygen atoms in total. The maximum absolute atomic E-state index is 11.2. The zero-order valence-corrected chi connectivity index (χ0v) is 6.95. The summed E-state index contributed by atoms with van der Waals surface area (Å²) in [5, 5.41) is 0. The van der Waals surface area contributed by atoms with E-state index >= 15 is 0 Å². The van der Waals surface area contributed by atoms with Gasteiger partial charge >= 0.3 is 0 Å². The Morgan fingerprint density at radius 2 is 2.00 bits per heavy atom. The van der Waals surface area contributed by atoms with Gasteiger partial charge in [-0.1, -0.05) is 6.92 Å². The van der Waals surface area contributed by atoms with Crippen molar-refractivity contribution in [2.75, 3.05) is 5.75 Å². The molecule has 1 aliphatic carbocycles. The van der Waals surface area contributed by atoms with Crippen LogP contribution in [0.5, 0.6) is 0 Å². The Labute approximate surface area is 61.5 Å². The summed E-state index contributed by atoms with van der Waals surface area (Å²) in [5.41, 5.74) is 5.52. The van der Waals surface area contributed by atoms with Gasteiger partial charge in [-0.15, -0.1) is 0 Å². The van der Waals surface area contributed by atoms with Crippen LogP contribution in [0.1, 0.15) is 26.2 Å². The Bertz CT molecular complexity index is 216. The van der Waals surface area contributed by atoms with Gasteiger partial charge in [-0.3, -0.25) is 0 Å². The second-order valence-electron chi connectivity index (χ2n) is 2.88. The Kier molecular flexibility index (Phi) is 1.76. The molecule has 1 saturated carbocycles. The number of nitrogens with two attached hydrogens (primary N) is 1. The quantitative estimate of drug-likeness (QED) is 0.649. The van der Waals surface area contributed by atoms with Crippen molar-refractivity contribution in [2.24, 2.45) is 5.73 Å². The van der Waals surface area contributed by atoms with Gasteiger partial charge in [0.1, 0.15) is 4.87 Å². The van der Waals surface area contributed by atoms with Crippen molar-refractivity contribution >= 4 is 9.84 Å². The molecular formula is C6H13NO2S. The van der Waals surface area contributed by atoms with Crippen LogP contribution in [0.15, 0.2) is 0 Å². The first-order chi connectivity index (χ1) is 4.52. The van der Waals surface area contributed by atoms with Crippen LogP contribution in [-0.4, -0.2) is 19.0 Å². The second kappa shape index (κ2) is 2.20. The lowest BCUT2D eigenvalue weighted by atomic mass is 10.6. The molecule has 0 amide bonds. The molecule has 0 spiro atoms. The van der Waals surface area contributed by atoms with Crippen molar-refractivity contribution in [1.29, 1.82) is 0 Å². The second-order valence-corrected chi connectivity index (χ2v) is 5.33. The largest absolute Gasteiger partial charge is 0.313 e. The minimum Gasteiger partial charge on any atom is -0.313 e. The molecule has 0 radical (unpaired) electrons. The van der Waals surface area contributed by atoms with Crippen LogP contribution in [0.4, 0.5) is 0 Å². The van der Waals surface area contributed by atoms with Crippen LogP contribution < -0.4 is 5.73 Å². The molecule has 0 aromatic rings. The van der Waals surface area contributed by atoms with E-state index in [9.17, 15) is 8.42 Å². The summed E-state index contributed by atoms with van der Waals surface area (Å²) in [6.45, 7) is 1.85. The van der Waals surface area contributed by atoms with Gasteiger partial charge in [0.15, 0.2) is 9.84 Å². The van der Waals surface area contributed by atoms with E-state index in [2.05, 4.69) is 0 Å². The lowest BCUT2D eigenvalue weighted by molar-refractivity contribution is 0.577. The summed E-state index contributed by atoms with van der Waals surface area (Å²) < 4.78 is 22.4. The molecule has 1 rings (SSSR count). The molecule has 0 aromatic heterocycles. The minimum absolute atomic E-state index is 0.240. The van der Waals surface area contributed by atoms with E-state index in [-0.39, 0.29) is 5.75 Å². The van der Waals surface area contributed by atoms with E-state index in [1.807, 2.05) is 6.92 Å². The van der Waals surface area contributed by atoms with Gasteiger partial charge in [-0.05, 0) is 19.3 Å². The highest BCUT2D eigenvalue weighted by molar-refractivity contribution is 7.93. The molecule has 0 bridgehead atoms. The molecule has 10 heavy (non-hydrogen) atoms. The van der Waals surface area contributed by atoms with Crippen molar-refractivity contribution in [3.8, 4) is 0 Å². The van der Waals surface area contributed by atoms with Crippen molar-refractivity contribution in [3.05, 3.63) is 0 Å². The lowest BCUT2D eigenvalue weighted by Crippen LogP contribution is -2.34. The topological polar surface area (TPSA) is 60.2 Å². The molecule has 0 heterocycles. The smallest absolute Gasteiger partial charge is 0.168 e. The molecule has 1 fully saturated rings. The maximum atomic E-state index is 11.2. The third-order valence-corrected chi connectivity index (χ3v) is 4.43. The van der Waals surface area contributed by atoms with Crippen LogP contribution in [0.3, 0.4) is 0 Å². The van der Waals surface area contributed by atoms with Gasteiger partial charge in [0.2, 0.25) is 0 Å². The van der Waals surface area contributed by atoms with E-state index in [1.165, 1.54) is 0 Å². The van der Waals surface area contributed by atoms with Crippen LogP contribution in [0, 0.1) is 0 Å². The molecule has 0 aromatic carbocycles. The van der Waals surface area contributed by atoms with E-state index < -0.39 is 14.7 Å². The average Bonchev–Trinajstić information content (AvgIpc) is 2.49. The Morgan fingerprint density at radius 1 is 1.50 bits per heavy atom. The van der Waals surface area contributed by atoms with E-state index in [4.69, 9.17) is 5.73 Å². The summed E-state index contributed by atoms with van der Waals surface area (Å²) in [7, 11) is -2.96. The molecule has 0 unspecified atom stereocenters. The number of hydrogen-bond acceptors (Lipinski definition) is 3. The molecule has 2 N–H and O–H groups in total. The number of sulfone groups is 1. The predicted molar refractivity (Wildman–Crippen MR) is 40.2 cm³/mol. The predicted octanol–water partition coefficient (Wildman–Crippen LogP) is 0.260. The van der Waals surface area contributed by atoms with Gasteiger partial charge in [-0.2, -0.15) is 0 Å². The summed E-state index contributed by atoms with van der Waals surface area (Å²) in [5.74, 6) is 0.240. The first-order valence-corrected chi connectivity index (χ1v) is 5.18. The molecule has 0 saturated heterocycles. The average molecular weight is 163 g/mol. The van der Waals surface area contributed by atoms with Crippen LogP contribution in [0.2, 0.25) is 0 Å². The molecular weight excluding hydrogens is 150 g/mol. The van der Waals surface area contributed by atoms with Crippen molar-refractivity contribution in [2.45, 2.75) is 31.1 Å². The Morgan fingerprint density at radius 3 is 2.30 bits per heavy atom. The third-order valence-electron chi connectivity index (χ3n) is 1.84. The SMILES string of the molecule is CCCS(=O)(=O)C1(N)CC1. The highest BCUT2D eigenvalue weighted by atomic mass is 32.2. The zero-order chi connectivity index (χ0) is 7.83. The Balaban J connectivity index is 2.69. The normalized spacial score (nSPS) is 22.6. The maximum Gasteiger partial charge on any atom is 0.168 e. The lowest BCUT2D eigenvalue weighted by Gasteiger charge is -2.07. The van der Waals surface area contributed by atoms with Crippen molar-refractivity contribution < 1.29 is 8.42 Å². The highest BCUT2D eigenvalue weighted by Gasteiger charge is 2.49. The van der Waals surface area contributed by atoms with Gasteiger partial charge in [0.25, 0.3) is 0 Å². The van der Waals surface area contributed by atoms with E-state index in [0.717, 1.165) is 0 Å². The van der Waals surface area contributed by atoms with E-state index in [0.29, 0.717) is 19.3 Å². The fraction of sp³-hybridized carbons (Fsp3) is 1.00. The van der Waals surface area contributed by atoms with Gasteiger partial charge in [0, 0.05) is 0 Å². The fourth-order valence-corrected chi connectivity index (χ4v) is 2.57. The summed E-state index contributed by atoms with van der Waals surface area (Å²) in [4.78, 5) is -0.830. The Hall–Kier alpha value is -0.0900. The van der Waals surface area contributed by atoms with E-state index in [1.54, 1.807) is 0 Å². The summed E-state index contributed by atoms with van der Waals surface area (Å²) in [6, 6.07) is 0. The van der Waals surface area contributed by atoms with Crippen LogP contribution in [0.25, 0.3) is 0 Å². The van der Waals surface area contributed by atoms with Crippen molar-refractivity contribution in [3.63, 3.8) is 0 Å². The third kappa shape index (κ3) is 1.18. The molecule has 4 heteroatoms. The van der Waals surface area contributed by atoms with Crippen LogP contribution in [-0.2, 0) is 9.84 Å². The van der Waals surface area contributed by atoms with Gasteiger partial charge in [0.05, 0.1) is 5.75 Å². The zero-order valence-electron chi connectivity index (χ0n) is 6.13. The molecule has 0 aliphatic heterocycles. The monoisotopic (exact) mass is 163 g/mol. The first-order valence-electron chi connectivity index (χ1n) is 3.53. The number of hydrogen-bond donors (Lipinski definition) is 1. The minimum atomic E-state index is -2.96. The standard InChI is InChI=1S/C6H13NO2S/c1-2-5-10(8,9)6(7)3-4-6/h2-5,7H2,1H3. The first kappa shape index (κ1) is 8.01. The summed E-state index contributed by atoms with van der Waals surface area (Å²) >= 11 is 0. The van der Waals surface area contributed by atoms with Gasteiger partial charge < -0.3 is 5.73 Å². The molecule has 1 aliphatic rings. The fourth-order valence-electron chi connectivity index (χ4n) is 0.906. The summed E-state index contributed by atoms with van der Waals surface area (Å²) in [6.07, 6.45) is 1.96.